The third-order valence-corrected chi connectivity index (χ3v) is 25.2. The first-order valence-electron chi connectivity index (χ1n) is 42.3. The van der Waals surface area contributed by atoms with Gasteiger partial charge in [0.15, 0.2) is 0 Å². The molecule has 18 heteroatoms. The number of para-hydroxylation sites is 4. The van der Waals surface area contributed by atoms with E-state index in [2.05, 4.69) is 60.7 Å². The molecule has 8 heterocycles. The number of pyridine rings is 4. The standard InChI is InChI=1S/2C32H16N4O.2C25H13N3O/c33-17-21-11-13-24-29-25(14-12-22(18-34)28(21)29)32(37)36-27-16-23(19-7-3-1-4-8-19)15-26(30(27)35-31(24)36)20-9-5-2-6-10-20;33-17-21-11-13-24-29-25(14-12-22(18-34)28(21)29)32(37)36-30-26(20-9-5-2-6-10-20)15-23(16-27(30)35-31(24)36)19-7-3-1-4-8-19;26-14-16-10-11-19-23-18(13-12-17(22(16)23)15-6-2-1-3-7-15)24-27-20-8-4-5-9-21(20)28(24)25(19)29;26-14-16-10-11-18-23-19(13-12-17(22(16)23)15-6-2-1-3-7-15)25(29)28-21-9-5-4-8-20(21)27-24(18)28/h2*1-16H;2*1-13H. The summed E-state index contributed by atoms with van der Waals surface area (Å²) < 4.78 is 6.71. The number of hydrogen-bond donors (Lipinski definition) is 0. The Morgan fingerprint density at radius 2 is 0.470 bits per heavy atom. The van der Waals surface area contributed by atoms with Crippen molar-refractivity contribution >= 4 is 153 Å². The third kappa shape index (κ3) is 11.8. The van der Waals surface area contributed by atoms with Crippen molar-refractivity contribution in [3.63, 3.8) is 0 Å². The van der Waals surface area contributed by atoms with Gasteiger partial charge in [0.2, 0.25) is 0 Å². The third-order valence-electron chi connectivity index (χ3n) is 25.2. The predicted octanol–water partition coefficient (Wildman–Crippen LogP) is 23.6. The number of benzene rings is 18. The zero-order valence-corrected chi connectivity index (χ0v) is 69.4. The molecule has 0 amide bonds. The van der Waals surface area contributed by atoms with Crippen LogP contribution in [-0.4, -0.2) is 37.5 Å². The van der Waals surface area contributed by atoms with Gasteiger partial charge in [0, 0.05) is 97.3 Å². The summed E-state index contributed by atoms with van der Waals surface area (Å²) >= 11 is 0. The maximum Gasteiger partial charge on any atom is 0.264 e. The van der Waals surface area contributed by atoms with Crippen molar-refractivity contribution in [1.29, 1.82) is 31.6 Å². The maximum absolute atomic E-state index is 14.1. The minimum absolute atomic E-state index is 0.110. The molecule has 0 radical (unpaired) electrons. The van der Waals surface area contributed by atoms with Crippen LogP contribution < -0.4 is 22.2 Å². The van der Waals surface area contributed by atoms with E-state index in [0.717, 1.165) is 143 Å². The van der Waals surface area contributed by atoms with Gasteiger partial charge in [0.1, 0.15) is 22.6 Å². The number of fused-ring (bicyclic) bond motifs is 16. The molecule has 0 aliphatic rings. The van der Waals surface area contributed by atoms with E-state index in [1.807, 2.05) is 279 Å². The zero-order chi connectivity index (χ0) is 89.3. The van der Waals surface area contributed by atoms with E-state index in [1.165, 1.54) is 0 Å². The lowest BCUT2D eigenvalue weighted by Gasteiger charge is -2.13. The van der Waals surface area contributed by atoms with Crippen molar-refractivity contribution in [3.05, 3.63) is 427 Å². The van der Waals surface area contributed by atoms with Crippen LogP contribution in [0.4, 0.5) is 0 Å². The molecular formula is C114H58N14O4. The smallest absolute Gasteiger partial charge is 0.264 e. The Morgan fingerprint density at radius 3 is 0.864 bits per heavy atom. The van der Waals surface area contributed by atoms with Gasteiger partial charge in [0.25, 0.3) is 22.2 Å². The lowest BCUT2D eigenvalue weighted by Crippen LogP contribution is -2.14. The van der Waals surface area contributed by atoms with Gasteiger partial charge < -0.3 is 0 Å². The summed E-state index contributed by atoms with van der Waals surface area (Å²) in [5, 5.41) is 69.3. The van der Waals surface area contributed by atoms with E-state index >= 15 is 0 Å². The van der Waals surface area contributed by atoms with Crippen molar-refractivity contribution in [2.24, 2.45) is 0 Å². The Kier molecular flexibility index (Phi) is 18.0. The van der Waals surface area contributed by atoms with Crippen LogP contribution in [0.25, 0.3) is 220 Å². The molecular weight excluding hydrogens is 1630 g/mol. The normalized spacial score (nSPS) is 11.4. The van der Waals surface area contributed by atoms with E-state index < -0.39 is 0 Å². The Morgan fingerprint density at radius 1 is 0.197 bits per heavy atom. The van der Waals surface area contributed by atoms with Gasteiger partial charge in [0.05, 0.1) is 114 Å². The molecule has 8 aromatic heterocycles. The molecule has 0 spiro atoms. The molecule has 0 aliphatic heterocycles. The summed E-state index contributed by atoms with van der Waals surface area (Å²) in [5.74, 6) is 0. The highest BCUT2D eigenvalue weighted by Crippen LogP contribution is 2.45. The fourth-order valence-corrected chi connectivity index (χ4v) is 19.4. The number of aromatic nitrogens is 8. The molecule has 0 N–H and O–H groups in total. The second-order valence-electron chi connectivity index (χ2n) is 32.2. The van der Waals surface area contributed by atoms with Crippen LogP contribution in [0.1, 0.15) is 33.4 Å². The molecule has 0 fully saturated rings. The average Bonchev–Trinajstić information content (AvgIpc) is 1.61. The van der Waals surface area contributed by atoms with Gasteiger partial charge in [-0.2, -0.15) is 31.6 Å². The highest BCUT2D eigenvalue weighted by molar-refractivity contribution is 6.24. The second-order valence-corrected chi connectivity index (χ2v) is 32.2. The minimum atomic E-state index is -0.223. The molecule has 0 saturated carbocycles. The summed E-state index contributed by atoms with van der Waals surface area (Å²) in [6, 6.07) is 126. The Balaban J connectivity index is 0.000000100. The largest absolute Gasteiger partial charge is 0.268 e. The van der Waals surface area contributed by atoms with Crippen molar-refractivity contribution < 1.29 is 0 Å². The molecule has 0 unspecified atom stereocenters. The minimum Gasteiger partial charge on any atom is -0.268 e. The van der Waals surface area contributed by atoms with Crippen molar-refractivity contribution in [2.45, 2.75) is 0 Å². The molecule has 18 nitrogen and oxygen atoms in total. The van der Waals surface area contributed by atoms with Crippen LogP contribution in [0.5, 0.6) is 0 Å². The molecule has 0 aliphatic carbocycles. The zero-order valence-electron chi connectivity index (χ0n) is 69.4. The van der Waals surface area contributed by atoms with Gasteiger partial charge >= 0.3 is 0 Å². The SMILES string of the molecule is N#Cc1ccc2c(=O)n3c(nc4cc(-c5ccccc5)cc(-c5ccccc5)c43)c3ccc(C#N)c1c23.N#Cc1ccc2c(=O)n3c4cc(-c5ccccc5)cc(-c5ccccc5)c4nc3c3ccc(C#N)c1c23.N#Cc1ccc2c(=O)n3c4ccccc4nc3c3ccc(-c4ccccc4)c1c23.N#Cc1ccc2c3c1c(-c1ccccc1)ccc3c(=O)n1c3ccccc3nc21. The van der Waals surface area contributed by atoms with E-state index in [1.54, 1.807) is 66.1 Å². The molecule has 0 atom stereocenters. The summed E-state index contributed by atoms with van der Waals surface area (Å²) in [6.45, 7) is 0. The molecule has 0 bridgehead atoms. The van der Waals surface area contributed by atoms with Gasteiger partial charge in [-0.15, -0.1) is 0 Å². The van der Waals surface area contributed by atoms with Gasteiger partial charge in [-0.1, -0.05) is 218 Å². The Labute approximate surface area is 747 Å². The first-order chi connectivity index (χ1) is 64.9. The van der Waals surface area contributed by atoms with Crippen LogP contribution in [0, 0.1) is 68.0 Å². The second kappa shape index (κ2) is 30.7. The van der Waals surface area contributed by atoms with Gasteiger partial charge in [-0.3, -0.25) is 36.8 Å². The number of rotatable bonds is 6. The number of nitriles is 6. The predicted molar refractivity (Wildman–Crippen MR) is 522 cm³/mol. The number of hydrogen-bond acceptors (Lipinski definition) is 14. The van der Waals surface area contributed by atoms with Crippen LogP contribution in [0.15, 0.2) is 371 Å². The van der Waals surface area contributed by atoms with Gasteiger partial charge in [-0.25, -0.2) is 19.9 Å². The fourth-order valence-electron chi connectivity index (χ4n) is 19.4. The van der Waals surface area contributed by atoms with Crippen molar-refractivity contribution in [3.8, 4) is 103 Å². The molecule has 18 aromatic carbocycles. The van der Waals surface area contributed by atoms with Crippen molar-refractivity contribution in [2.75, 3.05) is 0 Å². The molecule has 132 heavy (non-hydrogen) atoms. The fraction of sp³-hybridized carbons (Fsp3) is 0. The lowest BCUT2D eigenvalue weighted by molar-refractivity contribution is 1.19. The molecule has 608 valence electrons. The first kappa shape index (κ1) is 77.3. The lowest BCUT2D eigenvalue weighted by atomic mass is 9.91. The maximum atomic E-state index is 14.1. The number of nitrogens with zero attached hydrogens (tertiary/aromatic N) is 14. The molecule has 26 rings (SSSR count). The highest BCUT2D eigenvalue weighted by atomic mass is 16.1. The Bertz CT molecular complexity index is 9640. The summed E-state index contributed by atoms with van der Waals surface area (Å²) in [7, 11) is 0. The monoisotopic (exact) mass is 1690 g/mol. The van der Waals surface area contributed by atoms with Crippen LogP contribution in [0.3, 0.4) is 0 Å². The Hall–Kier alpha value is -19.5. The van der Waals surface area contributed by atoms with Gasteiger partial charge in [-0.05, 0) is 189 Å². The van der Waals surface area contributed by atoms with E-state index in [9.17, 15) is 50.7 Å². The highest BCUT2D eigenvalue weighted by Gasteiger charge is 2.28. The van der Waals surface area contributed by atoms with Crippen LogP contribution in [0.2, 0.25) is 0 Å². The van der Waals surface area contributed by atoms with E-state index in [0.29, 0.717) is 110 Å². The van der Waals surface area contributed by atoms with Crippen molar-refractivity contribution in [1.82, 2.24) is 37.5 Å². The summed E-state index contributed by atoms with van der Waals surface area (Å²) in [4.78, 5) is 74.5. The van der Waals surface area contributed by atoms with E-state index in [-0.39, 0.29) is 22.2 Å². The van der Waals surface area contributed by atoms with Crippen LogP contribution >= 0.6 is 0 Å². The first-order valence-corrected chi connectivity index (χ1v) is 42.3. The summed E-state index contributed by atoms with van der Waals surface area (Å²) in [5.41, 5.74) is 22.0. The topological polar surface area (TPSA) is 280 Å². The summed E-state index contributed by atoms with van der Waals surface area (Å²) in [6.07, 6.45) is 0. The molecule has 0 saturated heterocycles. The van der Waals surface area contributed by atoms with E-state index in [4.69, 9.17) is 19.9 Å². The van der Waals surface area contributed by atoms with Crippen LogP contribution in [-0.2, 0) is 0 Å². The average molecular weight is 1690 g/mol. The molecule has 26 aromatic rings. The number of imidazole rings is 4. The quantitative estimate of drug-likeness (QED) is 0.150.